The van der Waals surface area contributed by atoms with Gasteiger partial charge < -0.3 is 15.3 Å². The Kier molecular flexibility index (Phi) is 10.2. The van der Waals surface area contributed by atoms with E-state index in [1.807, 2.05) is 72.8 Å². The van der Waals surface area contributed by atoms with Gasteiger partial charge in [-0.3, -0.25) is 4.79 Å². The standard InChI is InChI=1S/C32H39N3O4S2/c36-23-18-25-15-19-34(20-16-25)21-17-30(28-9-5-2-6-10-28)33-31(37)32-35(22-24-40-32)41(38,39)29-13-11-27(12-14-29)26-7-3-1-4-8-26/h1-14,25,30,32,36H,15-24H2,(H,33,37). The Morgan fingerprint density at radius 3 is 2.20 bits per heavy atom. The summed E-state index contributed by atoms with van der Waals surface area (Å²) in [5.41, 5.74) is 2.98. The first-order valence-corrected chi connectivity index (χ1v) is 16.9. The number of amides is 1. The maximum Gasteiger partial charge on any atom is 0.249 e. The number of benzene rings is 3. The lowest BCUT2D eigenvalue weighted by Crippen LogP contribution is -2.46. The Labute approximate surface area is 248 Å². The zero-order valence-electron chi connectivity index (χ0n) is 23.3. The quantitative estimate of drug-likeness (QED) is 0.333. The number of aliphatic hydroxyl groups excluding tert-OH is 1. The number of carbonyl (C=O) groups excluding carboxylic acids is 1. The van der Waals surface area contributed by atoms with Crippen LogP contribution in [0.3, 0.4) is 0 Å². The van der Waals surface area contributed by atoms with Crippen LogP contribution in [0.15, 0.2) is 89.8 Å². The van der Waals surface area contributed by atoms with Crippen molar-refractivity contribution in [3.05, 3.63) is 90.5 Å². The van der Waals surface area contributed by atoms with Crippen LogP contribution in [-0.2, 0) is 14.8 Å². The number of nitrogens with one attached hydrogen (secondary N) is 1. The van der Waals surface area contributed by atoms with E-state index in [4.69, 9.17) is 0 Å². The molecule has 2 unspecified atom stereocenters. The van der Waals surface area contributed by atoms with Gasteiger partial charge in [-0.1, -0.05) is 72.8 Å². The van der Waals surface area contributed by atoms with Gasteiger partial charge in [-0.05, 0) is 73.5 Å². The van der Waals surface area contributed by atoms with Crippen molar-refractivity contribution >= 4 is 27.7 Å². The molecule has 3 aromatic rings. The lowest BCUT2D eigenvalue weighted by Gasteiger charge is -2.33. The van der Waals surface area contributed by atoms with E-state index in [9.17, 15) is 18.3 Å². The van der Waals surface area contributed by atoms with Gasteiger partial charge in [0, 0.05) is 25.4 Å². The second kappa shape index (κ2) is 14.0. The first-order valence-electron chi connectivity index (χ1n) is 14.4. The monoisotopic (exact) mass is 593 g/mol. The van der Waals surface area contributed by atoms with Gasteiger partial charge in [0.05, 0.1) is 10.9 Å². The summed E-state index contributed by atoms with van der Waals surface area (Å²) in [6.45, 7) is 3.38. The van der Waals surface area contributed by atoms with Gasteiger partial charge in [-0.25, -0.2) is 8.42 Å². The van der Waals surface area contributed by atoms with Crippen LogP contribution in [0.1, 0.15) is 37.3 Å². The third-order valence-electron chi connectivity index (χ3n) is 8.14. The molecule has 0 aliphatic carbocycles. The summed E-state index contributed by atoms with van der Waals surface area (Å²) >= 11 is 1.37. The molecule has 41 heavy (non-hydrogen) atoms. The van der Waals surface area contributed by atoms with Gasteiger partial charge in [0.15, 0.2) is 0 Å². The van der Waals surface area contributed by atoms with Crippen molar-refractivity contribution in [2.75, 3.05) is 38.5 Å². The van der Waals surface area contributed by atoms with Gasteiger partial charge >= 0.3 is 0 Å². The molecule has 9 heteroatoms. The Morgan fingerprint density at radius 2 is 1.54 bits per heavy atom. The average molecular weight is 594 g/mol. The second-order valence-corrected chi connectivity index (χ2v) is 13.9. The van der Waals surface area contributed by atoms with Gasteiger partial charge in [0.1, 0.15) is 5.37 Å². The molecule has 0 spiro atoms. The lowest BCUT2D eigenvalue weighted by molar-refractivity contribution is -0.123. The van der Waals surface area contributed by atoms with Crippen molar-refractivity contribution in [1.82, 2.24) is 14.5 Å². The van der Waals surface area contributed by atoms with Crippen LogP contribution >= 0.6 is 11.8 Å². The third-order valence-corrected chi connectivity index (χ3v) is 11.4. The van der Waals surface area contributed by atoms with Gasteiger partial charge in [0.25, 0.3) is 0 Å². The first kappa shape index (κ1) is 29.8. The number of hydrogen-bond acceptors (Lipinski definition) is 6. The summed E-state index contributed by atoms with van der Waals surface area (Å²) in [5.74, 6) is 0.883. The van der Waals surface area contributed by atoms with Gasteiger partial charge in [0.2, 0.25) is 15.9 Å². The van der Waals surface area contributed by atoms with E-state index in [0.29, 0.717) is 18.2 Å². The van der Waals surface area contributed by atoms with E-state index in [0.717, 1.165) is 62.0 Å². The largest absolute Gasteiger partial charge is 0.396 e. The molecule has 3 aromatic carbocycles. The number of nitrogens with zero attached hydrogens (tertiary/aromatic N) is 2. The minimum Gasteiger partial charge on any atom is -0.396 e. The molecule has 218 valence electrons. The first-order chi connectivity index (χ1) is 20.0. The molecule has 2 atom stereocenters. The number of sulfonamides is 1. The Balaban J connectivity index is 1.26. The molecule has 2 fully saturated rings. The Morgan fingerprint density at radius 1 is 0.902 bits per heavy atom. The highest BCUT2D eigenvalue weighted by Crippen LogP contribution is 2.32. The average Bonchev–Trinajstić information content (AvgIpc) is 3.53. The maximum absolute atomic E-state index is 13.7. The van der Waals surface area contributed by atoms with Crippen LogP contribution in [0.2, 0.25) is 0 Å². The van der Waals surface area contributed by atoms with E-state index in [1.165, 1.54) is 16.1 Å². The Bertz CT molecular complexity index is 1360. The Hall–Kier alpha value is -2.69. The number of likely N-dealkylation sites (tertiary alicyclic amines) is 1. The number of carbonyl (C=O) groups is 1. The summed E-state index contributed by atoms with van der Waals surface area (Å²) in [6.07, 6.45) is 3.78. The van der Waals surface area contributed by atoms with Crippen molar-refractivity contribution < 1.29 is 18.3 Å². The molecule has 0 radical (unpaired) electrons. The molecule has 5 rings (SSSR count). The van der Waals surface area contributed by atoms with Crippen LogP contribution in [-0.4, -0.2) is 72.5 Å². The summed E-state index contributed by atoms with van der Waals surface area (Å²) in [5, 5.41) is 11.6. The molecule has 2 aliphatic rings. The highest BCUT2D eigenvalue weighted by molar-refractivity contribution is 8.02. The van der Waals surface area contributed by atoms with E-state index >= 15 is 0 Å². The molecule has 0 saturated carbocycles. The van der Waals surface area contributed by atoms with Gasteiger partial charge in [-0.2, -0.15) is 4.31 Å². The number of aliphatic hydroxyl groups is 1. The second-order valence-electron chi connectivity index (χ2n) is 10.8. The predicted octanol–water partition coefficient (Wildman–Crippen LogP) is 4.76. The molecular formula is C32H39N3O4S2. The fraction of sp³-hybridized carbons (Fsp3) is 0.406. The number of rotatable bonds is 11. The maximum atomic E-state index is 13.7. The number of hydrogen-bond donors (Lipinski definition) is 2. The lowest BCUT2D eigenvalue weighted by atomic mass is 9.93. The summed E-state index contributed by atoms with van der Waals surface area (Å²) in [6, 6.07) is 26.4. The van der Waals surface area contributed by atoms with Crippen LogP contribution in [0, 0.1) is 5.92 Å². The summed E-state index contributed by atoms with van der Waals surface area (Å²) in [7, 11) is -3.85. The predicted molar refractivity (Wildman–Crippen MR) is 165 cm³/mol. The highest BCUT2D eigenvalue weighted by atomic mass is 32.2. The zero-order chi connectivity index (χ0) is 28.7. The molecule has 0 aromatic heterocycles. The fourth-order valence-electron chi connectivity index (χ4n) is 5.74. The molecule has 2 aliphatic heterocycles. The molecule has 0 bridgehead atoms. The molecule has 2 heterocycles. The van der Waals surface area contributed by atoms with Crippen molar-refractivity contribution in [3.63, 3.8) is 0 Å². The topological polar surface area (TPSA) is 90.0 Å². The van der Waals surface area contributed by atoms with Gasteiger partial charge in [-0.15, -0.1) is 11.8 Å². The van der Waals surface area contributed by atoms with Crippen molar-refractivity contribution in [1.29, 1.82) is 0 Å². The highest BCUT2D eigenvalue weighted by Gasteiger charge is 2.40. The minimum absolute atomic E-state index is 0.196. The third kappa shape index (κ3) is 7.40. The fourth-order valence-corrected chi connectivity index (χ4v) is 8.82. The van der Waals surface area contributed by atoms with Crippen molar-refractivity contribution in [2.45, 2.75) is 42.0 Å². The van der Waals surface area contributed by atoms with Crippen LogP contribution in [0.4, 0.5) is 0 Å². The summed E-state index contributed by atoms with van der Waals surface area (Å²) < 4.78 is 28.7. The molecule has 2 saturated heterocycles. The normalized spacial score (nSPS) is 19.7. The summed E-state index contributed by atoms with van der Waals surface area (Å²) in [4.78, 5) is 16.3. The molecule has 2 N–H and O–H groups in total. The molecular weight excluding hydrogens is 555 g/mol. The van der Waals surface area contributed by atoms with Crippen LogP contribution < -0.4 is 5.32 Å². The van der Waals surface area contributed by atoms with Crippen molar-refractivity contribution in [2.24, 2.45) is 5.92 Å². The smallest absolute Gasteiger partial charge is 0.249 e. The SMILES string of the molecule is O=C(NC(CCN1CCC(CCO)CC1)c1ccccc1)C1SCCN1S(=O)(=O)c1ccc(-c2ccccc2)cc1. The van der Waals surface area contributed by atoms with Crippen LogP contribution in [0.25, 0.3) is 11.1 Å². The molecule has 7 nitrogen and oxygen atoms in total. The van der Waals surface area contributed by atoms with E-state index in [2.05, 4.69) is 10.2 Å². The van der Waals surface area contributed by atoms with E-state index in [1.54, 1.807) is 12.1 Å². The van der Waals surface area contributed by atoms with E-state index < -0.39 is 15.4 Å². The minimum atomic E-state index is -3.85. The van der Waals surface area contributed by atoms with E-state index in [-0.39, 0.29) is 23.5 Å². The number of thioether (sulfide) groups is 1. The molecule has 1 amide bonds. The van der Waals surface area contributed by atoms with Crippen molar-refractivity contribution in [3.8, 4) is 11.1 Å². The zero-order valence-corrected chi connectivity index (χ0v) is 24.9. The van der Waals surface area contributed by atoms with Crippen LogP contribution in [0.5, 0.6) is 0 Å². The number of piperidine rings is 1.